The van der Waals surface area contributed by atoms with Crippen molar-refractivity contribution in [3.63, 3.8) is 0 Å². The average molecular weight is 581 g/mol. The molecule has 0 N–H and O–H groups in total. The molecule has 6 fully saturated rings. The minimum absolute atomic E-state index is 0.0527. The Labute approximate surface area is 254 Å². The summed E-state index contributed by atoms with van der Waals surface area (Å²) in [6.45, 7) is 13.3. The van der Waals surface area contributed by atoms with E-state index in [0.717, 1.165) is 43.4 Å². The van der Waals surface area contributed by atoms with Gasteiger partial charge in [0.15, 0.2) is 0 Å². The van der Waals surface area contributed by atoms with Gasteiger partial charge in [0.2, 0.25) is 0 Å². The van der Waals surface area contributed by atoms with Gasteiger partial charge in [0.25, 0.3) is 0 Å². The molecule has 0 heterocycles. The van der Waals surface area contributed by atoms with Crippen LogP contribution < -0.4 is 0 Å². The van der Waals surface area contributed by atoms with Crippen molar-refractivity contribution in [2.24, 2.45) is 70.0 Å². The van der Waals surface area contributed by atoms with E-state index in [1.54, 1.807) is 0 Å². The summed E-state index contributed by atoms with van der Waals surface area (Å²) in [5.74, 6) is 4.30. The van der Waals surface area contributed by atoms with Crippen LogP contribution >= 0.6 is 0 Å². The molecule has 0 amide bonds. The van der Waals surface area contributed by atoms with Crippen LogP contribution in [0, 0.1) is 70.0 Å². The molecular weight excluding hydrogens is 524 g/mol. The summed E-state index contributed by atoms with van der Waals surface area (Å²) >= 11 is 0. The number of hydrogen-bond donors (Lipinski definition) is 0. The van der Waals surface area contributed by atoms with Crippen molar-refractivity contribution < 1.29 is 23.9 Å². The third-order valence-electron chi connectivity index (χ3n) is 14.4. The molecule has 0 aromatic rings. The molecule has 6 aliphatic carbocycles. The lowest BCUT2D eigenvalue weighted by Gasteiger charge is -2.58. The second kappa shape index (κ2) is 10.8. The fourth-order valence-electron chi connectivity index (χ4n) is 12.1. The molecule has 0 spiro atoms. The Morgan fingerprint density at radius 1 is 0.952 bits per heavy atom. The number of ether oxygens (including phenoxy) is 1. The smallest absolute Gasteiger partial charge is 0.306 e. The van der Waals surface area contributed by atoms with Crippen molar-refractivity contribution in [3.8, 4) is 0 Å². The fourth-order valence-corrected chi connectivity index (χ4v) is 12.1. The van der Waals surface area contributed by atoms with Crippen LogP contribution in [0.5, 0.6) is 0 Å². The van der Waals surface area contributed by atoms with Crippen molar-refractivity contribution in [3.05, 3.63) is 0 Å². The van der Waals surface area contributed by atoms with Crippen LogP contribution in [-0.4, -0.2) is 28.9 Å². The van der Waals surface area contributed by atoms with E-state index in [2.05, 4.69) is 41.5 Å². The standard InChI is InChI=1S/C37H56O5/c1-21-13-23-15-24(14-21)17-25(16-23)35(3,4)42-33(41)10-7-22(2)28-8-9-29-34-30(20-32(40)37(28,29)6)36(5)12-11-27(38)18-26(36)19-31(34)39/h21-26,28-30,34H,7-20H2,1-6H3. The zero-order valence-corrected chi connectivity index (χ0v) is 27.2. The summed E-state index contributed by atoms with van der Waals surface area (Å²) in [6.07, 6.45) is 12.3. The molecule has 0 aliphatic heterocycles. The quantitative estimate of drug-likeness (QED) is 0.300. The summed E-state index contributed by atoms with van der Waals surface area (Å²) in [5.41, 5.74) is -1.02. The highest BCUT2D eigenvalue weighted by Crippen LogP contribution is 2.66. The molecular formula is C37H56O5. The predicted octanol–water partition coefficient (Wildman–Crippen LogP) is 7.77. The highest BCUT2D eigenvalue weighted by molar-refractivity contribution is 5.93. The monoisotopic (exact) mass is 580 g/mol. The van der Waals surface area contributed by atoms with E-state index < -0.39 is 11.0 Å². The molecule has 10 unspecified atom stereocenters. The Kier molecular flexibility index (Phi) is 7.86. The van der Waals surface area contributed by atoms with Gasteiger partial charge in [-0.25, -0.2) is 0 Å². The van der Waals surface area contributed by atoms with Gasteiger partial charge in [0.1, 0.15) is 23.0 Å². The SMILES string of the molecule is CC1CC2CC(C1)CC(C(C)(C)OC(=O)CCC(C)C1CCC3C4C(=O)CC5CC(=O)CCC5(C)C4CC(=O)C13C)C2. The van der Waals surface area contributed by atoms with Crippen LogP contribution in [0.15, 0.2) is 0 Å². The molecule has 0 aromatic heterocycles. The number of carbonyl (C=O) groups is 4. The number of hydrogen-bond acceptors (Lipinski definition) is 5. The number of ketones is 3. The fraction of sp³-hybridized carbons (Fsp3) is 0.892. The zero-order valence-electron chi connectivity index (χ0n) is 27.2. The molecule has 5 heteroatoms. The lowest BCUT2D eigenvalue weighted by molar-refractivity contribution is -0.166. The van der Waals surface area contributed by atoms with Gasteiger partial charge in [0.05, 0.1) is 0 Å². The molecule has 42 heavy (non-hydrogen) atoms. The Bertz CT molecular complexity index is 1110. The molecule has 6 saturated carbocycles. The maximum absolute atomic E-state index is 14.1. The summed E-state index contributed by atoms with van der Waals surface area (Å²) in [4.78, 5) is 53.2. The third kappa shape index (κ3) is 5.05. The van der Waals surface area contributed by atoms with Crippen molar-refractivity contribution >= 4 is 23.3 Å². The summed E-state index contributed by atoms with van der Waals surface area (Å²) < 4.78 is 6.21. The van der Waals surface area contributed by atoms with Crippen LogP contribution in [0.3, 0.4) is 0 Å². The first-order chi connectivity index (χ1) is 19.7. The van der Waals surface area contributed by atoms with Crippen LogP contribution in [0.1, 0.15) is 131 Å². The summed E-state index contributed by atoms with van der Waals surface area (Å²) in [6, 6.07) is 0. The molecule has 2 bridgehead atoms. The van der Waals surface area contributed by atoms with E-state index in [1.165, 1.54) is 32.1 Å². The summed E-state index contributed by atoms with van der Waals surface area (Å²) in [7, 11) is 0. The Morgan fingerprint density at radius 2 is 1.64 bits per heavy atom. The maximum atomic E-state index is 14.1. The zero-order chi connectivity index (χ0) is 30.2. The number of Topliss-reactive ketones (excluding diaryl/α,β-unsaturated/α-hetero) is 3. The molecule has 0 aromatic carbocycles. The van der Waals surface area contributed by atoms with Gasteiger partial charge in [-0.05, 0) is 130 Å². The highest BCUT2D eigenvalue weighted by atomic mass is 16.6. The van der Waals surface area contributed by atoms with E-state index in [4.69, 9.17) is 4.74 Å². The van der Waals surface area contributed by atoms with Gasteiger partial charge < -0.3 is 4.74 Å². The summed E-state index contributed by atoms with van der Waals surface area (Å²) in [5, 5.41) is 0. The average Bonchev–Trinajstić information content (AvgIpc) is 3.26. The van der Waals surface area contributed by atoms with E-state index in [1.807, 2.05) is 0 Å². The number of rotatable bonds is 6. The van der Waals surface area contributed by atoms with Gasteiger partial charge in [-0.1, -0.05) is 27.7 Å². The molecule has 5 nitrogen and oxygen atoms in total. The predicted molar refractivity (Wildman–Crippen MR) is 162 cm³/mol. The van der Waals surface area contributed by atoms with E-state index >= 15 is 0 Å². The first-order valence-corrected chi connectivity index (χ1v) is 17.5. The van der Waals surface area contributed by atoms with Gasteiger partial charge in [-0.3, -0.25) is 19.2 Å². The van der Waals surface area contributed by atoms with Crippen molar-refractivity contribution in [1.29, 1.82) is 0 Å². The minimum Gasteiger partial charge on any atom is -0.459 e. The second-order valence-corrected chi connectivity index (χ2v) is 17.3. The first-order valence-electron chi connectivity index (χ1n) is 17.5. The lowest BCUT2D eigenvalue weighted by atomic mass is 9.44. The van der Waals surface area contributed by atoms with E-state index in [9.17, 15) is 19.2 Å². The molecule has 0 radical (unpaired) electrons. The molecule has 6 rings (SSSR count). The third-order valence-corrected chi connectivity index (χ3v) is 14.4. The largest absolute Gasteiger partial charge is 0.459 e. The van der Waals surface area contributed by atoms with Crippen LogP contribution in [0.4, 0.5) is 0 Å². The molecule has 234 valence electrons. The van der Waals surface area contributed by atoms with Gasteiger partial charge in [0, 0.05) is 43.4 Å². The highest BCUT2D eigenvalue weighted by Gasteiger charge is 2.66. The van der Waals surface area contributed by atoms with Gasteiger partial charge in [-0.2, -0.15) is 0 Å². The normalized spacial score (nSPS) is 46.0. The van der Waals surface area contributed by atoms with Crippen molar-refractivity contribution in [2.75, 3.05) is 0 Å². The van der Waals surface area contributed by atoms with E-state index in [-0.39, 0.29) is 52.7 Å². The van der Waals surface area contributed by atoms with Crippen molar-refractivity contribution in [2.45, 2.75) is 137 Å². The van der Waals surface area contributed by atoms with Crippen molar-refractivity contribution in [1.82, 2.24) is 0 Å². The molecule has 6 aliphatic rings. The maximum Gasteiger partial charge on any atom is 0.306 e. The lowest BCUT2D eigenvalue weighted by Crippen LogP contribution is -2.60. The Balaban J connectivity index is 1.09. The van der Waals surface area contributed by atoms with Gasteiger partial charge in [-0.15, -0.1) is 0 Å². The van der Waals surface area contributed by atoms with Crippen LogP contribution in [0.2, 0.25) is 0 Å². The van der Waals surface area contributed by atoms with Gasteiger partial charge >= 0.3 is 5.97 Å². The Hall–Kier alpha value is -1.52. The van der Waals surface area contributed by atoms with E-state index in [0.29, 0.717) is 49.6 Å². The molecule has 10 atom stereocenters. The van der Waals surface area contributed by atoms with Crippen LogP contribution in [0.25, 0.3) is 0 Å². The minimum atomic E-state index is -0.496. The number of esters is 1. The number of fused-ring (bicyclic) bond motifs is 7. The molecule has 0 saturated heterocycles. The Morgan fingerprint density at radius 3 is 2.33 bits per heavy atom. The first kappa shape index (κ1) is 30.5. The second-order valence-electron chi connectivity index (χ2n) is 17.3. The van der Waals surface area contributed by atoms with Crippen LogP contribution in [-0.2, 0) is 23.9 Å². The number of carbonyl (C=O) groups excluding carboxylic acids is 4. The topological polar surface area (TPSA) is 77.5 Å².